The minimum atomic E-state index is 0.606. The number of nitrogens with zero attached hydrogens (tertiary/aromatic N) is 2. The highest BCUT2D eigenvalue weighted by Crippen LogP contribution is 2.13. The molecule has 0 saturated carbocycles. The molecular formula is C10H12N4O. The van der Waals surface area contributed by atoms with E-state index < -0.39 is 0 Å². The summed E-state index contributed by atoms with van der Waals surface area (Å²) in [4.78, 5) is 4.08. The molecule has 5 nitrogen and oxygen atoms in total. The molecule has 0 saturated heterocycles. The van der Waals surface area contributed by atoms with Gasteiger partial charge in [0.15, 0.2) is 5.76 Å². The summed E-state index contributed by atoms with van der Waals surface area (Å²) in [5.74, 6) is 0.796. The van der Waals surface area contributed by atoms with Gasteiger partial charge in [0.2, 0.25) is 0 Å². The molecule has 5 heteroatoms. The predicted octanol–water partition coefficient (Wildman–Crippen LogP) is 1.72. The lowest BCUT2D eigenvalue weighted by molar-refractivity contribution is 0.388. The van der Waals surface area contributed by atoms with Gasteiger partial charge in [-0.3, -0.25) is 4.98 Å². The molecule has 0 unspecified atom stereocenters. The maximum Gasteiger partial charge on any atom is 0.155 e. The molecule has 0 amide bonds. The molecule has 2 N–H and O–H groups in total. The SMILES string of the molecule is CNc1cncc(NCc2ccno2)c1. The van der Waals surface area contributed by atoms with Crippen molar-refractivity contribution in [1.82, 2.24) is 10.1 Å². The smallest absolute Gasteiger partial charge is 0.155 e. The Hall–Kier alpha value is -2.04. The molecule has 15 heavy (non-hydrogen) atoms. The molecule has 2 aromatic heterocycles. The number of nitrogens with one attached hydrogen (secondary N) is 2. The van der Waals surface area contributed by atoms with E-state index in [1.54, 1.807) is 18.6 Å². The summed E-state index contributed by atoms with van der Waals surface area (Å²) in [7, 11) is 1.86. The Labute approximate surface area is 87.5 Å². The molecule has 0 aliphatic carbocycles. The number of hydrogen-bond acceptors (Lipinski definition) is 5. The van der Waals surface area contributed by atoms with E-state index in [0.29, 0.717) is 6.54 Å². The van der Waals surface area contributed by atoms with Crippen molar-refractivity contribution in [3.63, 3.8) is 0 Å². The largest absolute Gasteiger partial charge is 0.387 e. The van der Waals surface area contributed by atoms with Crippen molar-refractivity contribution in [2.75, 3.05) is 17.7 Å². The summed E-state index contributed by atoms with van der Waals surface area (Å²) >= 11 is 0. The van der Waals surface area contributed by atoms with Gasteiger partial charge < -0.3 is 15.2 Å². The van der Waals surface area contributed by atoms with Crippen LogP contribution < -0.4 is 10.6 Å². The zero-order valence-electron chi connectivity index (χ0n) is 8.40. The summed E-state index contributed by atoms with van der Waals surface area (Å²) < 4.78 is 4.96. The van der Waals surface area contributed by atoms with Crippen molar-refractivity contribution in [1.29, 1.82) is 0 Å². The number of aromatic nitrogens is 2. The van der Waals surface area contributed by atoms with E-state index in [1.165, 1.54) is 0 Å². The van der Waals surface area contributed by atoms with Crippen LogP contribution in [0.5, 0.6) is 0 Å². The van der Waals surface area contributed by atoms with Crippen molar-refractivity contribution < 1.29 is 4.52 Å². The van der Waals surface area contributed by atoms with Gasteiger partial charge in [-0.05, 0) is 6.07 Å². The Morgan fingerprint density at radius 2 is 2.20 bits per heavy atom. The zero-order chi connectivity index (χ0) is 10.5. The molecule has 2 aromatic rings. The Kier molecular flexibility index (Phi) is 2.82. The van der Waals surface area contributed by atoms with Crippen LogP contribution in [-0.4, -0.2) is 17.2 Å². The number of pyridine rings is 1. The molecule has 2 rings (SSSR count). The van der Waals surface area contributed by atoms with Crippen molar-refractivity contribution in [2.24, 2.45) is 0 Å². The van der Waals surface area contributed by atoms with Gasteiger partial charge >= 0.3 is 0 Å². The van der Waals surface area contributed by atoms with E-state index >= 15 is 0 Å². The summed E-state index contributed by atoms with van der Waals surface area (Å²) in [5.41, 5.74) is 1.91. The second-order valence-electron chi connectivity index (χ2n) is 3.04. The molecule has 0 atom stereocenters. The van der Waals surface area contributed by atoms with Gasteiger partial charge in [0.25, 0.3) is 0 Å². The highest BCUT2D eigenvalue weighted by atomic mass is 16.5. The normalized spacial score (nSPS) is 9.93. The maximum absolute atomic E-state index is 4.96. The molecule has 0 radical (unpaired) electrons. The van der Waals surface area contributed by atoms with Crippen LogP contribution in [0.3, 0.4) is 0 Å². The molecule has 0 aliphatic rings. The molecule has 0 aliphatic heterocycles. The lowest BCUT2D eigenvalue weighted by Gasteiger charge is -2.05. The van der Waals surface area contributed by atoms with Crippen molar-refractivity contribution in [3.8, 4) is 0 Å². The minimum absolute atomic E-state index is 0.606. The number of anilines is 2. The summed E-state index contributed by atoms with van der Waals surface area (Å²) in [6.45, 7) is 0.606. The third-order valence-electron chi connectivity index (χ3n) is 1.98. The van der Waals surface area contributed by atoms with Gasteiger partial charge in [-0.25, -0.2) is 0 Å². The number of hydrogen-bond donors (Lipinski definition) is 2. The van der Waals surface area contributed by atoms with Gasteiger partial charge in [-0.2, -0.15) is 0 Å². The second-order valence-corrected chi connectivity index (χ2v) is 3.04. The first-order valence-electron chi connectivity index (χ1n) is 4.65. The number of rotatable bonds is 4. The molecule has 0 fully saturated rings. The average Bonchev–Trinajstić information content (AvgIpc) is 2.79. The van der Waals surface area contributed by atoms with Crippen LogP contribution in [0.4, 0.5) is 11.4 Å². The molecular weight excluding hydrogens is 192 g/mol. The summed E-state index contributed by atoms with van der Waals surface area (Å²) in [6.07, 6.45) is 5.15. The van der Waals surface area contributed by atoms with E-state index in [1.807, 2.05) is 19.2 Å². The molecule has 2 heterocycles. The topological polar surface area (TPSA) is 63.0 Å². The van der Waals surface area contributed by atoms with Crippen LogP contribution in [0.1, 0.15) is 5.76 Å². The molecule has 0 aromatic carbocycles. The summed E-state index contributed by atoms with van der Waals surface area (Å²) in [5, 5.41) is 9.83. The second kappa shape index (κ2) is 4.45. The van der Waals surface area contributed by atoms with Gasteiger partial charge in [0.05, 0.1) is 36.5 Å². The summed E-state index contributed by atoms with van der Waals surface area (Å²) in [6, 6.07) is 3.80. The standard InChI is InChI=1S/C10H12N4O/c1-11-8-4-9(6-12-5-8)13-7-10-2-3-14-15-10/h2-6,11,13H,7H2,1H3. The first-order chi connectivity index (χ1) is 7.38. The van der Waals surface area contributed by atoms with Gasteiger partial charge in [-0.15, -0.1) is 0 Å². The lowest BCUT2D eigenvalue weighted by Crippen LogP contribution is -1.99. The van der Waals surface area contributed by atoms with Crippen LogP contribution in [0.15, 0.2) is 35.2 Å². The van der Waals surface area contributed by atoms with Gasteiger partial charge in [0, 0.05) is 13.1 Å². The quantitative estimate of drug-likeness (QED) is 0.794. The highest BCUT2D eigenvalue weighted by molar-refractivity contribution is 5.53. The average molecular weight is 204 g/mol. The fourth-order valence-electron chi connectivity index (χ4n) is 1.20. The van der Waals surface area contributed by atoms with Gasteiger partial charge in [0.1, 0.15) is 0 Å². The first-order valence-corrected chi connectivity index (χ1v) is 4.65. The van der Waals surface area contributed by atoms with Crippen molar-refractivity contribution in [2.45, 2.75) is 6.54 Å². The van der Waals surface area contributed by atoms with Crippen LogP contribution in [0.25, 0.3) is 0 Å². The maximum atomic E-state index is 4.96. The third-order valence-corrected chi connectivity index (χ3v) is 1.98. The Morgan fingerprint density at radius 1 is 1.33 bits per heavy atom. The third kappa shape index (κ3) is 2.46. The van der Waals surface area contributed by atoms with E-state index in [-0.39, 0.29) is 0 Å². The van der Waals surface area contributed by atoms with Gasteiger partial charge in [-0.1, -0.05) is 5.16 Å². The molecule has 0 spiro atoms. The highest BCUT2D eigenvalue weighted by Gasteiger charge is 1.98. The molecule has 78 valence electrons. The minimum Gasteiger partial charge on any atom is -0.387 e. The fraction of sp³-hybridized carbons (Fsp3) is 0.200. The van der Waals surface area contributed by atoms with E-state index in [0.717, 1.165) is 17.1 Å². The predicted molar refractivity (Wildman–Crippen MR) is 57.6 cm³/mol. The monoisotopic (exact) mass is 204 g/mol. The first kappa shape index (κ1) is 9.51. The van der Waals surface area contributed by atoms with Crippen LogP contribution in [0, 0.1) is 0 Å². The van der Waals surface area contributed by atoms with E-state index in [4.69, 9.17) is 4.52 Å². The van der Waals surface area contributed by atoms with Crippen LogP contribution in [-0.2, 0) is 6.54 Å². The Bertz CT molecular complexity index is 413. The van der Waals surface area contributed by atoms with Crippen LogP contribution in [0.2, 0.25) is 0 Å². The Morgan fingerprint density at radius 3 is 2.93 bits per heavy atom. The van der Waals surface area contributed by atoms with Crippen molar-refractivity contribution in [3.05, 3.63) is 36.5 Å². The van der Waals surface area contributed by atoms with E-state index in [9.17, 15) is 0 Å². The fourth-order valence-corrected chi connectivity index (χ4v) is 1.20. The zero-order valence-corrected chi connectivity index (χ0v) is 8.40. The lowest BCUT2D eigenvalue weighted by atomic mass is 10.3. The van der Waals surface area contributed by atoms with Crippen molar-refractivity contribution >= 4 is 11.4 Å². The van der Waals surface area contributed by atoms with E-state index in [2.05, 4.69) is 20.8 Å². The molecule has 0 bridgehead atoms. The Balaban J connectivity index is 1.98. The van der Waals surface area contributed by atoms with Crippen LogP contribution >= 0.6 is 0 Å².